The normalized spacial score (nSPS) is 13.2. The van der Waals surface area contributed by atoms with Crippen molar-refractivity contribution in [2.24, 2.45) is 0 Å². The minimum Gasteiger partial charge on any atom is -0.345 e. The third kappa shape index (κ3) is 3.57. The average molecular weight is 345 g/mol. The Morgan fingerprint density at radius 2 is 2.09 bits per heavy atom. The van der Waals surface area contributed by atoms with Crippen molar-refractivity contribution in [3.05, 3.63) is 38.8 Å². The number of nitrogens with one attached hydrogen (secondary N) is 1. The Hall–Kier alpha value is -1.83. The van der Waals surface area contributed by atoms with E-state index in [2.05, 4.69) is 10.4 Å². The van der Waals surface area contributed by atoms with E-state index < -0.39 is 23.3 Å². The number of thiophene rings is 1. The number of carbonyl (C=O) groups is 1. The lowest BCUT2D eigenvalue weighted by molar-refractivity contribution is -0.144. The van der Waals surface area contributed by atoms with Crippen LogP contribution in [-0.2, 0) is 12.7 Å². The number of halogens is 3. The van der Waals surface area contributed by atoms with Gasteiger partial charge in [-0.3, -0.25) is 9.48 Å². The highest BCUT2D eigenvalue weighted by Gasteiger charge is 2.40. The van der Waals surface area contributed by atoms with Crippen LogP contribution < -0.4 is 5.32 Å². The Balaban J connectivity index is 2.28. The topological polar surface area (TPSA) is 46.9 Å². The second-order valence-corrected chi connectivity index (χ2v) is 6.74. The average Bonchev–Trinajstić information content (AvgIpc) is 3.01. The number of rotatable bonds is 4. The zero-order valence-corrected chi connectivity index (χ0v) is 14.1. The van der Waals surface area contributed by atoms with Gasteiger partial charge in [0.15, 0.2) is 5.69 Å². The summed E-state index contributed by atoms with van der Waals surface area (Å²) in [6.07, 6.45) is -3.66. The minimum absolute atomic E-state index is 0.0422. The number of carbonyl (C=O) groups excluding carboxylic acids is 1. The summed E-state index contributed by atoms with van der Waals surface area (Å²) >= 11 is 1.59. The molecule has 0 aliphatic heterocycles. The number of aryl methyl sites for hydroxylation is 3. The highest BCUT2D eigenvalue weighted by Crippen LogP contribution is 2.32. The smallest absolute Gasteiger partial charge is 0.345 e. The van der Waals surface area contributed by atoms with Crippen molar-refractivity contribution in [1.82, 2.24) is 15.1 Å². The lowest BCUT2D eigenvalue weighted by Crippen LogP contribution is -2.29. The largest absolute Gasteiger partial charge is 0.433 e. The second kappa shape index (κ2) is 6.35. The molecule has 2 aromatic heterocycles. The van der Waals surface area contributed by atoms with E-state index in [9.17, 15) is 18.0 Å². The van der Waals surface area contributed by atoms with Crippen molar-refractivity contribution in [2.45, 2.75) is 46.5 Å². The second-order valence-electron chi connectivity index (χ2n) is 5.28. The number of hydrogen-bond donors (Lipinski definition) is 1. The van der Waals surface area contributed by atoms with Gasteiger partial charge in [-0.15, -0.1) is 11.3 Å². The van der Waals surface area contributed by atoms with Gasteiger partial charge >= 0.3 is 6.18 Å². The van der Waals surface area contributed by atoms with Crippen LogP contribution in [-0.4, -0.2) is 15.7 Å². The van der Waals surface area contributed by atoms with Gasteiger partial charge in [0.2, 0.25) is 0 Å². The molecule has 0 aliphatic rings. The lowest BCUT2D eigenvalue weighted by atomic mass is 10.1. The van der Waals surface area contributed by atoms with Crippen LogP contribution in [0.25, 0.3) is 0 Å². The van der Waals surface area contributed by atoms with Crippen LogP contribution in [0, 0.1) is 13.8 Å². The van der Waals surface area contributed by atoms with Crippen LogP contribution in [0.1, 0.15) is 51.3 Å². The molecule has 1 N–H and O–H groups in total. The summed E-state index contributed by atoms with van der Waals surface area (Å²) < 4.78 is 40.3. The molecule has 4 nitrogen and oxygen atoms in total. The van der Waals surface area contributed by atoms with Crippen LogP contribution in [0.3, 0.4) is 0 Å². The molecule has 23 heavy (non-hydrogen) atoms. The molecule has 2 aromatic rings. The van der Waals surface area contributed by atoms with E-state index >= 15 is 0 Å². The number of alkyl halides is 3. The van der Waals surface area contributed by atoms with Crippen molar-refractivity contribution in [3.8, 4) is 0 Å². The molecule has 0 radical (unpaired) electrons. The summed E-state index contributed by atoms with van der Waals surface area (Å²) in [5, 5.41) is 6.29. The lowest BCUT2D eigenvalue weighted by Gasteiger charge is -2.15. The van der Waals surface area contributed by atoms with Gasteiger partial charge < -0.3 is 5.32 Å². The Bertz CT molecular complexity index is 718. The van der Waals surface area contributed by atoms with E-state index in [0.717, 1.165) is 26.2 Å². The summed E-state index contributed by atoms with van der Waals surface area (Å²) in [6.45, 7) is 7.21. The summed E-state index contributed by atoms with van der Waals surface area (Å²) in [5.74, 6) is -0.771. The standard InChI is InChI=1S/C15H18F3N3OS/c1-5-21-13(15(16,17)18)12(7-19-21)14(22)20-9(3)11-6-8(2)23-10(11)4/h6-7,9H,5H2,1-4H3,(H,20,22). The highest BCUT2D eigenvalue weighted by molar-refractivity contribution is 7.12. The Morgan fingerprint density at radius 3 is 2.57 bits per heavy atom. The Morgan fingerprint density at radius 1 is 1.43 bits per heavy atom. The van der Waals surface area contributed by atoms with Crippen LogP contribution in [0.15, 0.2) is 12.3 Å². The fourth-order valence-corrected chi connectivity index (χ4v) is 3.55. The molecule has 1 unspecified atom stereocenters. The van der Waals surface area contributed by atoms with Crippen molar-refractivity contribution in [3.63, 3.8) is 0 Å². The van der Waals surface area contributed by atoms with E-state index in [-0.39, 0.29) is 12.6 Å². The van der Waals surface area contributed by atoms with Gasteiger partial charge in [-0.25, -0.2) is 0 Å². The molecule has 126 valence electrons. The van der Waals surface area contributed by atoms with Gasteiger partial charge in [0.1, 0.15) is 0 Å². The molecule has 2 heterocycles. The van der Waals surface area contributed by atoms with Crippen molar-refractivity contribution in [2.75, 3.05) is 0 Å². The minimum atomic E-state index is -4.63. The van der Waals surface area contributed by atoms with Crippen molar-refractivity contribution < 1.29 is 18.0 Å². The molecule has 0 aromatic carbocycles. The zero-order chi connectivity index (χ0) is 17.4. The first kappa shape index (κ1) is 17.5. The maximum absolute atomic E-state index is 13.2. The summed E-state index contributed by atoms with van der Waals surface area (Å²) in [7, 11) is 0. The highest BCUT2D eigenvalue weighted by atomic mass is 32.1. The zero-order valence-electron chi connectivity index (χ0n) is 13.3. The Labute approximate surface area is 136 Å². The van der Waals surface area contributed by atoms with E-state index in [0.29, 0.717) is 0 Å². The van der Waals surface area contributed by atoms with Crippen LogP contribution in [0.5, 0.6) is 0 Å². The number of aromatic nitrogens is 2. The summed E-state index contributed by atoms with van der Waals surface area (Å²) in [4.78, 5) is 14.4. The predicted molar refractivity (Wildman–Crippen MR) is 82.6 cm³/mol. The molecule has 2 rings (SSSR count). The molecular weight excluding hydrogens is 327 g/mol. The molecule has 0 aliphatic carbocycles. The molecule has 1 amide bonds. The molecule has 0 saturated carbocycles. The fraction of sp³-hybridized carbons (Fsp3) is 0.467. The van der Waals surface area contributed by atoms with Gasteiger partial charge in [-0.05, 0) is 39.3 Å². The van der Waals surface area contributed by atoms with E-state index in [4.69, 9.17) is 0 Å². The predicted octanol–water partition coefficient (Wildman–Crippen LogP) is 4.09. The van der Waals surface area contributed by atoms with Gasteiger partial charge in [0.25, 0.3) is 5.91 Å². The van der Waals surface area contributed by atoms with Gasteiger partial charge in [0.05, 0.1) is 17.8 Å². The van der Waals surface area contributed by atoms with Crippen molar-refractivity contribution in [1.29, 1.82) is 0 Å². The third-order valence-electron chi connectivity index (χ3n) is 3.55. The van der Waals surface area contributed by atoms with Crippen LogP contribution >= 0.6 is 11.3 Å². The fourth-order valence-electron chi connectivity index (χ4n) is 2.52. The van der Waals surface area contributed by atoms with E-state index in [1.807, 2.05) is 19.9 Å². The van der Waals surface area contributed by atoms with Crippen molar-refractivity contribution >= 4 is 17.2 Å². The summed E-state index contributed by atoms with van der Waals surface area (Å²) in [5.41, 5.74) is -0.545. The van der Waals surface area contributed by atoms with Crippen LogP contribution in [0.4, 0.5) is 13.2 Å². The number of hydrogen-bond acceptors (Lipinski definition) is 3. The first-order chi connectivity index (χ1) is 10.6. The molecule has 0 fully saturated rings. The van der Waals surface area contributed by atoms with Gasteiger partial charge in [0, 0.05) is 16.3 Å². The number of amides is 1. The maximum Gasteiger partial charge on any atom is 0.433 e. The number of nitrogens with zero attached hydrogens (tertiary/aromatic N) is 2. The molecular formula is C15H18F3N3OS. The SMILES string of the molecule is CCn1ncc(C(=O)NC(C)c2cc(C)sc2C)c1C(F)(F)F. The monoisotopic (exact) mass is 345 g/mol. The molecule has 0 spiro atoms. The van der Waals surface area contributed by atoms with E-state index in [1.165, 1.54) is 0 Å². The maximum atomic E-state index is 13.2. The van der Waals surface area contributed by atoms with Gasteiger partial charge in [-0.2, -0.15) is 18.3 Å². The quantitative estimate of drug-likeness (QED) is 0.907. The molecule has 1 atom stereocenters. The first-order valence-electron chi connectivity index (χ1n) is 7.16. The first-order valence-corrected chi connectivity index (χ1v) is 7.97. The molecule has 0 saturated heterocycles. The van der Waals surface area contributed by atoms with Gasteiger partial charge in [-0.1, -0.05) is 0 Å². The molecule has 0 bridgehead atoms. The van der Waals surface area contributed by atoms with E-state index in [1.54, 1.807) is 25.2 Å². The molecule has 8 heteroatoms. The Kier molecular flexibility index (Phi) is 4.84. The van der Waals surface area contributed by atoms with Crippen LogP contribution in [0.2, 0.25) is 0 Å². The summed E-state index contributed by atoms with van der Waals surface area (Å²) in [6, 6.07) is 1.56. The third-order valence-corrected chi connectivity index (χ3v) is 4.53.